The monoisotopic (exact) mass is 216 g/mol. The van der Waals surface area contributed by atoms with E-state index in [0.29, 0.717) is 0 Å². The van der Waals surface area contributed by atoms with Gasteiger partial charge in [0.15, 0.2) is 0 Å². The molecule has 0 unspecified atom stereocenters. The second kappa shape index (κ2) is 99.0. The minimum atomic E-state index is 0. The molecule has 7 heteroatoms. The van der Waals surface area contributed by atoms with Crippen LogP contribution in [0.2, 0.25) is 0 Å². The smallest absolute Gasteiger partial charge is 0.412 e. The van der Waals surface area contributed by atoms with Crippen LogP contribution < -0.4 is 0 Å². The van der Waals surface area contributed by atoms with E-state index >= 15 is 0 Å². The average Bonchev–Trinajstić information content (AvgIpc) is 0. The maximum absolute atomic E-state index is 0. The third-order valence-corrected chi connectivity index (χ3v) is 0. The van der Waals surface area contributed by atoms with Crippen LogP contribution in [0.25, 0.3) is 0 Å². The van der Waals surface area contributed by atoms with Gasteiger partial charge in [0.25, 0.3) is 0 Å². The summed E-state index contributed by atoms with van der Waals surface area (Å²) in [5.74, 6) is 0. The molecule has 4 nitrogen and oxygen atoms in total. The predicted octanol–water partition coefficient (Wildman–Crippen LogP) is -3.31. The van der Waals surface area contributed by atoms with Crippen molar-refractivity contribution in [1.82, 2.24) is 0 Å². The molecule has 0 heterocycles. The van der Waals surface area contributed by atoms with Crippen molar-refractivity contribution in [3.8, 4) is 0 Å². The van der Waals surface area contributed by atoms with E-state index in [4.69, 9.17) is 0 Å². The molecule has 0 aromatic rings. The topological polar surface area (TPSA) is 126 Å². The molecule has 0 aliphatic rings. The Morgan fingerprint density at radius 2 is 0.429 bits per heavy atom. The average molecular weight is 216 g/mol. The van der Waals surface area contributed by atoms with Gasteiger partial charge in [-0.3, -0.25) is 0 Å². The molecular formula is H8O4Ti3+2. The van der Waals surface area contributed by atoms with Crippen LogP contribution in [0.5, 0.6) is 0 Å². The largest absolute Gasteiger partial charge is 2.00 e. The van der Waals surface area contributed by atoms with Gasteiger partial charge < -0.3 is 21.9 Å². The van der Waals surface area contributed by atoms with E-state index < -0.39 is 0 Å². The Morgan fingerprint density at radius 1 is 0.429 bits per heavy atom. The minimum Gasteiger partial charge on any atom is -0.412 e. The first-order valence-electron chi connectivity index (χ1n) is 0. The zero-order chi connectivity index (χ0) is 0. The molecule has 0 aliphatic heterocycles. The summed E-state index contributed by atoms with van der Waals surface area (Å²) in [5, 5.41) is 0. The van der Waals surface area contributed by atoms with Gasteiger partial charge in [-0.25, -0.2) is 0 Å². The Labute approximate surface area is 86.3 Å². The van der Waals surface area contributed by atoms with Crippen LogP contribution in [0.4, 0.5) is 0 Å². The van der Waals surface area contributed by atoms with Crippen molar-refractivity contribution >= 4 is 0 Å². The van der Waals surface area contributed by atoms with E-state index in [9.17, 15) is 0 Å². The zero-order valence-electron chi connectivity index (χ0n) is 3.50. The molecule has 42 valence electrons. The molecule has 0 bridgehead atoms. The molecule has 0 saturated heterocycles. The molecule has 0 atom stereocenters. The molecule has 0 aliphatic carbocycles. The van der Waals surface area contributed by atoms with Crippen molar-refractivity contribution in [2.75, 3.05) is 0 Å². The Balaban J connectivity index is 0. The zero-order valence-corrected chi connectivity index (χ0v) is 8.18. The third-order valence-electron chi connectivity index (χ3n) is 0. The van der Waals surface area contributed by atoms with Gasteiger partial charge in [0.2, 0.25) is 0 Å². The number of hydrogen-bond acceptors (Lipinski definition) is 0. The van der Waals surface area contributed by atoms with Crippen LogP contribution in [0, 0.1) is 0 Å². The maximum atomic E-state index is 0. The SMILES string of the molecule is O.O.O.O.[Ti+2].[Ti].[Ti]. The van der Waals surface area contributed by atoms with Crippen molar-refractivity contribution in [1.29, 1.82) is 0 Å². The second-order valence-corrected chi connectivity index (χ2v) is 0. The van der Waals surface area contributed by atoms with Crippen molar-refractivity contribution in [3.63, 3.8) is 0 Å². The first kappa shape index (κ1) is 146. The van der Waals surface area contributed by atoms with Crippen molar-refractivity contribution in [2.24, 2.45) is 0 Å². The molecule has 0 amide bonds. The van der Waals surface area contributed by atoms with Crippen molar-refractivity contribution in [2.45, 2.75) is 0 Å². The van der Waals surface area contributed by atoms with Gasteiger partial charge in [-0.1, -0.05) is 0 Å². The Hall–Kier alpha value is 1.98. The molecule has 0 aromatic heterocycles. The normalized spacial score (nSPS) is 0. The van der Waals surface area contributed by atoms with E-state index in [1.54, 1.807) is 0 Å². The number of rotatable bonds is 0. The van der Waals surface area contributed by atoms with Crippen LogP contribution in [0.3, 0.4) is 0 Å². The van der Waals surface area contributed by atoms with Gasteiger partial charge in [-0.2, -0.15) is 0 Å². The Bertz CT molecular complexity index is 6.90. The molecule has 7 heavy (non-hydrogen) atoms. The Morgan fingerprint density at radius 3 is 0.429 bits per heavy atom. The van der Waals surface area contributed by atoms with Crippen LogP contribution >= 0.6 is 0 Å². The molecule has 0 aromatic carbocycles. The van der Waals surface area contributed by atoms with Crippen LogP contribution in [-0.2, 0) is 65.2 Å². The fourth-order valence-electron chi connectivity index (χ4n) is 0. The summed E-state index contributed by atoms with van der Waals surface area (Å²) in [4.78, 5) is 0. The summed E-state index contributed by atoms with van der Waals surface area (Å²) in [5.41, 5.74) is 0. The fourth-order valence-corrected chi connectivity index (χ4v) is 0. The van der Waals surface area contributed by atoms with Crippen LogP contribution in [0.15, 0.2) is 0 Å². The van der Waals surface area contributed by atoms with Gasteiger partial charge in [0, 0.05) is 43.4 Å². The van der Waals surface area contributed by atoms with E-state index in [1.165, 1.54) is 0 Å². The summed E-state index contributed by atoms with van der Waals surface area (Å²) >= 11 is 0. The molecular weight excluding hydrogens is 208 g/mol. The molecule has 0 saturated carbocycles. The third kappa shape index (κ3) is 72.7. The van der Waals surface area contributed by atoms with E-state index in [0.717, 1.165) is 0 Å². The van der Waals surface area contributed by atoms with Crippen LogP contribution in [-0.4, -0.2) is 21.9 Å². The van der Waals surface area contributed by atoms with Crippen molar-refractivity contribution in [3.05, 3.63) is 0 Å². The summed E-state index contributed by atoms with van der Waals surface area (Å²) in [6.07, 6.45) is 0. The van der Waals surface area contributed by atoms with Gasteiger partial charge >= 0.3 is 21.7 Å². The summed E-state index contributed by atoms with van der Waals surface area (Å²) < 4.78 is 0. The molecule has 0 spiro atoms. The van der Waals surface area contributed by atoms with Gasteiger partial charge in [-0.15, -0.1) is 0 Å². The van der Waals surface area contributed by atoms with E-state index in [2.05, 4.69) is 0 Å². The fraction of sp³-hybridized carbons (Fsp3) is 0. The first-order chi connectivity index (χ1) is 0. The second-order valence-electron chi connectivity index (χ2n) is 0. The minimum absolute atomic E-state index is 0. The van der Waals surface area contributed by atoms with Gasteiger partial charge in [0.1, 0.15) is 0 Å². The summed E-state index contributed by atoms with van der Waals surface area (Å²) in [6.45, 7) is 0. The standard InChI is InChI=1S/4H2O.3Ti/h4*1H2;;;/q;;;;;;+2. The van der Waals surface area contributed by atoms with E-state index in [1.807, 2.05) is 0 Å². The molecule has 0 rings (SSSR count). The van der Waals surface area contributed by atoms with Crippen molar-refractivity contribution < 1.29 is 87.1 Å². The number of hydrogen-bond donors (Lipinski definition) is 0. The first-order valence-corrected chi connectivity index (χ1v) is 0. The predicted molar refractivity (Wildman–Crippen MR) is 14.5 cm³/mol. The molecule has 8 N–H and O–H groups in total. The van der Waals surface area contributed by atoms with Gasteiger partial charge in [-0.05, 0) is 0 Å². The van der Waals surface area contributed by atoms with Gasteiger partial charge in [0.05, 0.1) is 0 Å². The summed E-state index contributed by atoms with van der Waals surface area (Å²) in [7, 11) is 0. The molecule has 0 fully saturated rings. The maximum Gasteiger partial charge on any atom is 2.00 e. The molecule has 0 radical (unpaired) electrons. The van der Waals surface area contributed by atoms with Crippen LogP contribution in [0.1, 0.15) is 0 Å². The van der Waals surface area contributed by atoms with E-state index in [-0.39, 0.29) is 87.1 Å². The summed E-state index contributed by atoms with van der Waals surface area (Å²) in [6, 6.07) is 0. The quantitative estimate of drug-likeness (QED) is 0.375. The Kier molecular flexibility index (Phi) is 2060.